The highest BCUT2D eigenvalue weighted by Gasteiger charge is 2.09. The first-order valence-electron chi connectivity index (χ1n) is 6.91. The molecule has 1 aromatic heterocycles. The number of nitriles is 1. The van der Waals surface area contributed by atoms with Crippen LogP contribution in [0.1, 0.15) is 22.5 Å². The van der Waals surface area contributed by atoms with Gasteiger partial charge >= 0.3 is 0 Å². The van der Waals surface area contributed by atoms with E-state index in [1.165, 1.54) is 14.7 Å². The zero-order chi connectivity index (χ0) is 15.7. The summed E-state index contributed by atoms with van der Waals surface area (Å²) in [7, 11) is 0. The summed E-state index contributed by atoms with van der Waals surface area (Å²) in [5, 5.41) is 9.45. The van der Waals surface area contributed by atoms with Crippen LogP contribution in [0.4, 0.5) is 0 Å². The van der Waals surface area contributed by atoms with Crippen LogP contribution in [0.25, 0.3) is 22.7 Å². The second-order valence-corrected chi connectivity index (χ2v) is 6.51. The smallest absolute Gasteiger partial charge is 0.149 e. The SMILES string of the molecule is Cc1cc2nc(C(C#N)=Cc3ccc(I)cc3)[nH]c2cc1C. The number of rotatable bonds is 2. The highest BCUT2D eigenvalue weighted by atomic mass is 127. The summed E-state index contributed by atoms with van der Waals surface area (Å²) in [6.07, 6.45) is 1.85. The Morgan fingerprint density at radius 2 is 1.86 bits per heavy atom. The van der Waals surface area contributed by atoms with E-state index in [0.717, 1.165) is 16.6 Å². The zero-order valence-electron chi connectivity index (χ0n) is 12.3. The lowest BCUT2D eigenvalue weighted by atomic mass is 10.1. The summed E-state index contributed by atoms with van der Waals surface area (Å²) in [6, 6.07) is 14.4. The number of hydrogen-bond donors (Lipinski definition) is 1. The molecule has 1 heterocycles. The van der Waals surface area contributed by atoms with Crippen LogP contribution in [0.2, 0.25) is 0 Å². The molecule has 0 bridgehead atoms. The maximum absolute atomic E-state index is 9.45. The monoisotopic (exact) mass is 399 g/mol. The molecule has 108 valence electrons. The van der Waals surface area contributed by atoms with E-state index >= 15 is 0 Å². The van der Waals surface area contributed by atoms with Crippen molar-refractivity contribution in [3.05, 3.63) is 62.5 Å². The number of halogens is 1. The van der Waals surface area contributed by atoms with Crippen LogP contribution < -0.4 is 0 Å². The number of aromatic amines is 1. The van der Waals surface area contributed by atoms with Crippen molar-refractivity contribution in [3.8, 4) is 6.07 Å². The number of H-pyrrole nitrogens is 1. The predicted octanol–water partition coefficient (Wildman–Crippen LogP) is 4.85. The van der Waals surface area contributed by atoms with Gasteiger partial charge in [0.1, 0.15) is 11.9 Å². The Bertz CT molecular complexity index is 873. The molecule has 0 radical (unpaired) electrons. The second kappa shape index (κ2) is 5.93. The summed E-state index contributed by atoms with van der Waals surface area (Å²) in [5.41, 5.74) is 5.79. The van der Waals surface area contributed by atoms with Gasteiger partial charge in [0.05, 0.1) is 16.6 Å². The molecule has 0 aliphatic carbocycles. The van der Waals surface area contributed by atoms with Gasteiger partial charge in [-0.05, 0) is 83.5 Å². The molecule has 4 heteroatoms. The number of benzene rings is 2. The van der Waals surface area contributed by atoms with Gasteiger partial charge in [-0.15, -0.1) is 0 Å². The van der Waals surface area contributed by atoms with Crippen molar-refractivity contribution in [1.82, 2.24) is 9.97 Å². The van der Waals surface area contributed by atoms with Crippen molar-refractivity contribution in [2.45, 2.75) is 13.8 Å². The van der Waals surface area contributed by atoms with E-state index in [9.17, 15) is 5.26 Å². The largest absolute Gasteiger partial charge is 0.337 e. The Balaban J connectivity index is 2.07. The second-order valence-electron chi connectivity index (χ2n) is 5.26. The molecule has 2 aromatic carbocycles. The minimum atomic E-state index is 0.535. The van der Waals surface area contributed by atoms with Crippen molar-refractivity contribution in [3.63, 3.8) is 0 Å². The molecular weight excluding hydrogens is 385 g/mol. The summed E-state index contributed by atoms with van der Waals surface area (Å²) in [6.45, 7) is 4.14. The van der Waals surface area contributed by atoms with Crippen molar-refractivity contribution >= 4 is 45.3 Å². The third kappa shape index (κ3) is 2.90. The third-order valence-electron chi connectivity index (χ3n) is 3.65. The molecule has 0 saturated carbocycles. The van der Waals surface area contributed by atoms with Crippen LogP contribution in [0, 0.1) is 28.7 Å². The van der Waals surface area contributed by atoms with Gasteiger partial charge in [-0.2, -0.15) is 5.26 Å². The Labute approximate surface area is 142 Å². The van der Waals surface area contributed by atoms with Crippen molar-refractivity contribution in [2.75, 3.05) is 0 Å². The van der Waals surface area contributed by atoms with Gasteiger partial charge in [-0.25, -0.2) is 4.98 Å². The molecule has 0 aliphatic heterocycles. The van der Waals surface area contributed by atoms with Gasteiger partial charge in [0.25, 0.3) is 0 Å². The van der Waals surface area contributed by atoms with Crippen LogP contribution >= 0.6 is 22.6 Å². The van der Waals surface area contributed by atoms with E-state index in [1.807, 2.05) is 36.4 Å². The molecule has 0 unspecified atom stereocenters. The number of nitrogens with zero attached hydrogens (tertiary/aromatic N) is 2. The number of nitrogens with one attached hydrogen (secondary N) is 1. The average molecular weight is 399 g/mol. The fourth-order valence-corrected chi connectivity index (χ4v) is 2.64. The summed E-state index contributed by atoms with van der Waals surface area (Å²) in [5.74, 6) is 0.612. The van der Waals surface area contributed by atoms with Crippen molar-refractivity contribution < 1.29 is 0 Å². The normalized spacial score (nSPS) is 11.6. The molecule has 0 spiro atoms. The molecule has 3 rings (SSSR count). The van der Waals surface area contributed by atoms with Crippen molar-refractivity contribution in [2.24, 2.45) is 0 Å². The standard InChI is InChI=1S/C18H14IN3/c1-11-7-16-17(8-12(11)2)22-18(21-16)14(10-20)9-13-3-5-15(19)6-4-13/h3-9H,1-2H3,(H,21,22). The molecular formula is C18H14IN3. The minimum absolute atomic E-state index is 0.535. The first kappa shape index (κ1) is 14.8. The fraction of sp³-hybridized carbons (Fsp3) is 0.111. The quantitative estimate of drug-likeness (QED) is 0.495. The lowest BCUT2D eigenvalue weighted by Crippen LogP contribution is -1.85. The molecule has 0 amide bonds. The van der Waals surface area contributed by atoms with Gasteiger partial charge in [-0.1, -0.05) is 12.1 Å². The number of aryl methyl sites for hydroxylation is 2. The van der Waals surface area contributed by atoms with Crippen LogP contribution in [0.5, 0.6) is 0 Å². The summed E-state index contributed by atoms with van der Waals surface area (Å²) >= 11 is 2.26. The fourth-order valence-electron chi connectivity index (χ4n) is 2.28. The van der Waals surface area contributed by atoms with Gasteiger partial charge < -0.3 is 4.98 Å². The van der Waals surface area contributed by atoms with E-state index in [1.54, 1.807) is 0 Å². The Morgan fingerprint density at radius 3 is 2.55 bits per heavy atom. The van der Waals surface area contributed by atoms with Crippen LogP contribution in [0.15, 0.2) is 36.4 Å². The molecule has 22 heavy (non-hydrogen) atoms. The topological polar surface area (TPSA) is 52.5 Å². The lowest BCUT2D eigenvalue weighted by Gasteiger charge is -1.97. The zero-order valence-corrected chi connectivity index (χ0v) is 14.5. The van der Waals surface area contributed by atoms with Gasteiger partial charge in [0.15, 0.2) is 0 Å². The molecule has 1 N–H and O–H groups in total. The highest BCUT2D eigenvalue weighted by Crippen LogP contribution is 2.22. The average Bonchev–Trinajstić information content (AvgIpc) is 2.89. The third-order valence-corrected chi connectivity index (χ3v) is 4.37. The van der Waals surface area contributed by atoms with Gasteiger partial charge in [0.2, 0.25) is 0 Å². The Morgan fingerprint density at radius 1 is 1.18 bits per heavy atom. The molecule has 0 saturated heterocycles. The number of aromatic nitrogens is 2. The lowest BCUT2D eigenvalue weighted by molar-refractivity contribution is 1.27. The predicted molar refractivity (Wildman–Crippen MR) is 98.2 cm³/mol. The van der Waals surface area contributed by atoms with Crippen LogP contribution in [0.3, 0.4) is 0 Å². The first-order chi connectivity index (χ1) is 10.6. The number of allylic oxidation sites excluding steroid dienone is 1. The van der Waals surface area contributed by atoms with E-state index in [2.05, 4.69) is 58.5 Å². The van der Waals surface area contributed by atoms with E-state index < -0.39 is 0 Å². The minimum Gasteiger partial charge on any atom is -0.337 e. The molecule has 0 fully saturated rings. The summed E-state index contributed by atoms with van der Waals surface area (Å²) in [4.78, 5) is 7.79. The molecule has 0 atom stereocenters. The molecule has 3 aromatic rings. The number of hydrogen-bond acceptors (Lipinski definition) is 2. The van der Waals surface area contributed by atoms with E-state index in [0.29, 0.717) is 11.4 Å². The highest BCUT2D eigenvalue weighted by molar-refractivity contribution is 14.1. The maximum Gasteiger partial charge on any atom is 0.149 e. The number of fused-ring (bicyclic) bond motifs is 1. The first-order valence-corrected chi connectivity index (χ1v) is 7.99. The Hall–Kier alpha value is -2.13. The van der Waals surface area contributed by atoms with Crippen molar-refractivity contribution in [1.29, 1.82) is 5.26 Å². The molecule has 0 aliphatic rings. The Kier molecular flexibility index (Phi) is 3.99. The maximum atomic E-state index is 9.45. The van der Waals surface area contributed by atoms with Crippen LogP contribution in [-0.2, 0) is 0 Å². The molecule has 3 nitrogen and oxygen atoms in total. The van der Waals surface area contributed by atoms with E-state index in [4.69, 9.17) is 0 Å². The number of imidazole rings is 1. The van der Waals surface area contributed by atoms with Gasteiger partial charge in [-0.3, -0.25) is 0 Å². The van der Waals surface area contributed by atoms with E-state index in [-0.39, 0.29) is 0 Å². The van der Waals surface area contributed by atoms with Crippen LogP contribution in [-0.4, -0.2) is 9.97 Å². The van der Waals surface area contributed by atoms with Gasteiger partial charge in [0, 0.05) is 3.57 Å². The summed E-state index contributed by atoms with van der Waals surface area (Å²) < 4.78 is 1.17.